The number of fused-ring (bicyclic) bond motifs is 1. The average Bonchev–Trinajstić information content (AvgIpc) is 2.58. The molecular weight excluding hydrogens is 312 g/mol. The second-order valence-electron chi connectivity index (χ2n) is 6.55. The van der Waals surface area contributed by atoms with E-state index in [1.165, 1.54) is 4.57 Å². The van der Waals surface area contributed by atoms with Gasteiger partial charge in [0.15, 0.2) is 0 Å². The van der Waals surface area contributed by atoms with Crippen LogP contribution in [0.2, 0.25) is 0 Å². The minimum absolute atomic E-state index is 0.155. The molecule has 1 N–H and O–H groups in total. The van der Waals surface area contributed by atoms with E-state index in [0.29, 0.717) is 5.39 Å². The number of rotatable bonds is 3. The van der Waals surface area contributed by atoms with Gasteiger partial charge in [-0.25, -0.2) is 0 Å². The Labute approximate surface area is 147 Å². The van der Waals surface area contributed by atoms with Crippen molar-refractivity contribution in [1.29, 1.82) is 0 Å². The van der Waals surface area contributed by atoms with Gasteiger partial charge >= 0.3 is 0 Å². The smallest absolute Gasteiger partial charge is 0.259 e. The van der Waals surface area contributed by atoms with Crippen LogP contribution in [-0.4, -0.2) is 10.5 Å². The fraction of sp³-hybridized carbons (Fsp3) is 0.238. The van der Waals surface area contributed by atoms with Crippen molar-refractivity contribution in [3.8, 4) is 0 Å². The van der Waals surface area contributed by atoms with Gasteiger partial charge < -0.3 is 9.88 Å². The van der Waals surface area contributed by atoms with E-state index in [9.17, 15) is 9.59 Å². The SMILES string of the molecule is Cc1cc(C)c(NC(=O)C(C)n2ccc3ccccc3c2=O)c(C)c1. The molecule has 4 nitrogen and oxygen atoms in total. The monoisotopic (exact) mass is 334 g/mol. The van der Waals surface area contributed by atoms with Crippen molar-refractivity contribution in [3.05, 3.63) is 75.7 Å². The molecule has 25 heavy (non-hydrogen) atoms. The van der Waals surface area contributed by atoms with E-state index in [-0.39, 0.29) is 11.5 Å². The van der Waals surface area contributed by atoms with Crippen molar-refractivity contribution in [3.63, 3.8) is 0 Å². The zero-order valence-electron chi connectivity index (χ0n) is 15.0. The third-order valence-electron chi connectivity index (χ3n) is 4.56. The van der Waals surface area contributed by atoms with Crippen LogP contribution >= 0.6 is 0 Å². The van der Waals surface area contributed by atoms with Crippen molar-refractivity contribution < 1.29 is 4.79 Å². The topological polar surface area (TPSA) is 51.1 Å². The van der Waals surface area contributed by atoms with Crippen molar-refractivity contribution in [2.24, 2.45) is 0 Å². The summed E-state index contributed by atoms with van der Waals surface area (Å²) in [7, 11) is 0. The van der Waals surface area contributed by atoms with Gasteiger partial charge in [-0.1, -0.05) is 35.9 Å². The van der Waals surface area contributed by atoms with Crippen LogP contribution in [0.15, 0.2) is 53.5 Å². The lowest BCUT2D eigenvalue weighted by molar-refractivity contribution is -0.118. The number of nitrogens with one attached hydrogen (secondary N) is 1. The summed E-state index contributed by atoms with van der Waals surface area (Å²) in [5, 5.41) is 4.47. The van der Waals surface area contributed by atoms with Crippen LogP contribution in [0.5, 0.6) is 0 Å². The average molecular weight is 334 g/mol. The third kappa shape index (κ3) is 3.20. The molecule has 1 atom stereocenters. The number of hydrogen-bond donors (Lipinski definition) is 1. The fourth-order valence-corrected chi connectivity index (χ4v) is 3.24. The van der Waals surface area contributed by atoms with Crippen LogP contribution in [0.4, 0.5) is 5.69 Å². The summed E-state index contributed by atoms with van der Waals surface area (Å²) >= 11 is 0. The van der Waals surface area contributed by atoms with Gasteiger partial charge in [0.2, 0.25) is 5.91 Å². The molecule has 1 heterocycles. The van der Waals surface area contributed by atoms with Gasteiger partial charge in [0.05, 0.1) is 0 Å². The normalized spacial score (nSPS) is 12.2. The van der Waals surface area contributed by atoms with Crippen molar-refractivity contribution >= 4 is 22.4 Å². The molecule has 128 valence electrons. The second kappa shape index (κ2) is 6.55. The van der Waals surface area contributed by atoms with Gasteiger partial charge in [0.1, 0.15) is 6.04 Å². The molecule has 0 bridgehead atoms. The number of nitrogens with zero attached hydrogens (tertiary/aromatic N) is 1. The molecule has 3 rings (SSSR count). The van der Waals surface area contributed by atoms with Crippen LogP contribution in [0.25, 0.3) is 10.8 Å². The lowest BCUT2D eigenvalue weighted by Gasteiger charge is -2.18. The molecule has 0 saturated carbocycles. The van der Waals surface area contributed by atoms with Gasteiger partial charge in [0, 0.05) is 17.3 Å². The van der Waals surface area contributed by atoms with E-state index in [1.807, 2.05) is 57.2 Å². The predicted octanol–water partition coefficient (Wildman–Crippen LogP) is 4.13. The largest absolute Gasteiger partial charge is 0.324 e. The first-order valence-electron chi connectivity index (χ1n) is 8.37. The minimum Gasteiger partial charge on any atom is -0.324 e. The maximum Gasteiger partial charge on any atom is 0.259 e. The zero-order valence-corrected chi connectivity index (χ0v) is 15.0. The van der Waals surface area contributed by atoms with Crippen LogP contribution in [0, 0.1) is 20.8 Å². The van der Waals surface area contributed by atoms with Gasteiger partial charge in [0.25, 0.3) is 5.56 Å². The second-order valence-corrected chi connectivity index (χ2v) is 6.55. The Morgan fingerprint density at radius 3 is 2.36 bits per heavy atom. The molecule has 0 fully saturated rings. The van der Waals surface area contributed by atoms with E-state index < -0.39 is 6.04 Å². The Hall–Kier alpha value is -2.88. The van der Waals surface area contributed by atoms with Crippen LogP contribution in [0.1, 0.15) is 29.7 Å². The number of amides is 1. The minimum atomic E-state index is -0.600. The summed E-state index contributed by atoms with van der Waals surface area (Å²) in [5.74, 6) is -0.201. The summed E-state index contributed by atoms with van der Waals surface area (Å²) in [6.07, 6.45) is 1.68. The Bertz CT molecular complexity index is 995. The summed E-state index contributed by atoms with van der Waals surface area (Å²) in [6, 6.07) is 12.7. The Morgan fingerprint density at radius 1 is 1.04 bits per heavy atom. The highest BCUT2D eigenvalue weighted by Crippen LogP contribution is 2.23. The number of anilines is 1. The number of benzene rings is 2. The van der Waals surface area contributed by atoms with Crippen molar-refractivity contribution in [2.75, 3.05) is 5.32 Å². The standard InChI is InChI=1S/C21H22N2O2/c1-13-11-14(2)19(15(3)12-13)22-20(24)16(4)23-10-9-17-7-5-6-8-18(17)21(23)25/h5-12,16H,1-4H3,(H,22,24). The number of carbonyl (C=O) groups is 1. The van der Waals surface area contributed by atoms with Crippen LogP contribution in [-0.2, 0) is 4.79 Å². The molecule has 1 aromatic heterocycles. The Balaban J connectivity index is 1.94. The first-order chi connectivity index (χ1) is 11.9. The van der Waals surface area contributed by atoms with E-state index in [4.69, 9.17) is 0 Å². The maximum atomic E-state index is 12.7. The molecule has 0 saturated heterocycles. The number of aryl methyl sites for hydroxylation is 3. The molecule has 1 amide bonds. The quantitative estimate of drug-likeness (QED) is 0.783. The van der Waals surface area contributed by atoms with Gasteiger partial charge in [-0.2, -0.15) is 0 Å². The fourth-order valence-electron chi connectivity index (χ4n) is 3.24. The Kier molecular flexibility index (Phi) is 4.45. The molecular formula is C21H22N2O2. The zero-order chi connectivity index (χ0) is 18.1. The summed E-state index contributed by atoms with van der Waals surface area (Å²) < 4.78 is 1.48. The molecule has 0 aliphatic rings. The maximum absolute atomic E-state index is 12.7. The third-order valence-corrected chi connectivity index (χ3v) is 4.56. The molecule has 0 radical (unpaired) electrons. The van der Waals surface area contributed by atoms with E-state index in [1.54, 1.807) is 19.2 Å². The van der Waals surface area contributed by atoms with Gasteiger partial charge in [-0.15, -0.1) is 0 Å². The van der Waals surface area contributed by atoms with E-state index in [0.717, 1.165) is 27.8 Å². The molecule has 0 spiro atoms. The molecule has 0 aliphatic heterocycles. The number of carbonyl (C=O) groups excluding carboxylic acids is 1. The van der Waals surface area contributed by atoms with Gasteiger partial charge in [-0.3, -0.25) is 9.59 Å². The number of hydrogen-bond acceptors (Lipinski definition) is 2. The lowest BCUT2D eigenvalue weighted by atomic mass is 10.0. The predicted molar refractivity (Wildman–Crippen MR) is 102 cm³/mol. The molecule has 4 heteroatoms. The molecule has 0 aliphatic carbocycles. The highest BCUT2D eigenvalue weighted by Gasteiger charge is 2.18. The molecule has 3 aromatic rings. The first-order valence-corrected chi connectivity index (χ1v) is 8.37. The van der Waals surface area contributed by atoms with Crippen LogP contribution < -0.4 is 10.9 Å². The van der Waals surface area contributed by atoms with Crippen molar-refractivity contribution in [1.82, 2.24) is 4.57 Å². The first kappa shape index (κ1) is 17.0. The lowest BCUT2D eigenvalue weighted by Crippen LogP contribution is -2.31. The highest BCUT2D eigenvalue weighted by atomic mass is 16.2. The highest BCUT2D eigenvalue weighted by molar-refractivity contribution is 5.95. The van der Waals surface area contributed by atoms with Crippen LogP contribution in [0.3, 0.4) is 0 Å². The van der Waals surface area contributed by atoms with Gasteiger partial charge in [-0.05, 0) is 56.3 Å². The summed E-state index contributed by atoms with van der Waals surface area (Å²) in [6.45, 7) is 7.72. The number of pyridine rings is 1. The van der Waals surface area contributed by atoms with E-state index in [2.05, 4.69) is 5.32 Å². The van der Waals surface area contributed by atoms with E-state index >= 15 is 0 Å². The Morgan fingerprint density at radius 2 is 1.68 bits per heavy atom. The molecule has 1 unspecified atom stereocenters. The number of aromatic nitrogens is 1. The molecule has 2 aromatic carbocycles. The summed E-state index contributed by atoms with van der Waals surface area (Å²) in [5.41, 5.74) is 3.86. The summed E-state index contributed by atoms with van der Waals surface area (Å²) in [4.78, 5) is 25.4. The van der Waals surface area contributed by atoms with Crippen molar-refractivity contribution in [2.45, 2.75) is 33.7 Å².